The van der Waals surface area contributed by atoms with Gasteiger partial charge >= 0.3 is 22.8 Å². The first kappa shape index (κ1) is 37.5. The maximum atomic E-state index is 11.4. The van der Waals surface area contributed by atoms with E-state index < -0.39 is 59.7 Å². The largest absolute Gasteiger partial charge is 0.412 e. The SMILES string of the molecule is O.O.O=P(O)(O)CN(CCN(COPO)COPO)CCN(CP(=O)(O)O)CP(=O)(O)O. The van der Waals surface area contributed by atoms with Crippen LogP contribution in [0.15, 0.2) is 0 Å². The van der Waals surface area contributed by atoms with Crippen molar-refractivity contribution in [2.45, 2.75) is 0 Å². The van der Waals surface area contributed by atoms with Crippen molar-refractivity contribution in [2.24, 2.45) is 0 Å². The molecule has 198 valence electrons. The van der Waals surface area contributed by atoms with Gasteiger partial charge < -0.3 is 59.1 Å². The minimum atomic E-state index is -4.64. The van der Waals surface area contributed by atoms with Crippen molar-refractivity contribution in [1.82, 2.24) is 14.7 Å². The van der Waals surface area contributed by atoms with Gasteiger partial charge in [-0.05, 0) is 0 Å². The zero-order valence-corrected chi connectivity index (χ0v) is 21.3. The lowest BCUT2D eigenvalue weighted by molar-refractivity contribution is 0.0522. The Morgan fingerprint density at radius 3 is 1.16 bits per heavy atom. The van der Waals surface area contributed by atoms with E-state index in [1.54, 1.807) is 0 Å². The van der Waals surface area contributed by atoms with E-state index in [0.29, 0.717) is 0 Å². The molecule has 0 spiro atoms. The molecule has 0 aliphatic heterocycles. The highest BCUT2D eigenvalue weighted by Gasteiger charge is 2.27. The van der Waals surface area contributed by atoms with Crippen LogP contribution in [0.25, 0.3) is 0 Å². The lowest BCUT2D eigenvalue weighted by Gasteiger charge is -2.29. The molecule has 0 radical (unpaired) electrons. The van der Waals surface area contributed by atoms with Gasteiger partial charge in [-0.25, -0.2) is 0 Å². The minimum absolute atomic E-state index is 0. The first-order chi connectivity index (χ1) is 13.6. The molecule has 0 aliphatic carbocycles. The van der Waals surface area contributed by atoms with Gasteiger partial charge in [0.1, 0.15) is 32.3 Å². The van der Waals surface area contributed by atoms with E-state index in [1.807, 2.05) is 0 Å². The summed E-state index contributed by atoms with van der Waals surface area (Å²) >= 11 is 0. The summed E-state index contributed by atoms with van der Waals surface area (Å²) in [6, 6.07) is 0. The summed E-state index contributed by atoms with van der Waals surface area (Å²) < 4.78 is 43.5. The van der Waals surface area contributed by atoms with Gasteiger partial charge in [-0.1, -0.05) is 0 Å². The second kappa shape index (κ2) is 18.3. The Bertz CT molecular complexity index is 581. The molecule has 0 amide bonds. The average molecular weight is 577 g/mol. The molecule has 0 aliphatic rings. The van der Waals surface area contributed by atoms with Crippen molar-refractivity contribution >= 4 is 40.9 Å². The molecule has 0 rings (SSSR count). The Balaban J connectivity index is -0.00000420. The van der Waals surface area contributed by atoms with Gasteiger partial charge in [-0.15, -0.1) is 0 Å². The highest BCUT2D eigenvalue weighted by atomic mass is 31.2. The number of hydrogen-bond donors (Lipinski definition) is 8. The fourth-order valence-corrected chi connectivity index (χ4v) is 5.16. The average Bonchev–Trinajstić information content (AvgIpc) is 2.54. The van der Waals surface area contributed by atoms with Crippen molar-refractivity contribution < 1.29 is 72.8 Å². The van der Waals surface area contributed by atoms with Gasteiger partial charge in [-0.2, -0.15) is 0 Å². The molecule has 2 unspecified atom stereocenters. The van der Waals surface area contributed by atoms with E-state index in [4.69, 9.17) is 38.4 Å². The van der Waals surface area contributed by atoms with Gasteiger partial charge in [0.05, 0.1) is 0 Å². The maximum Gasteiger partial charge on any atom is 0.339 e. The van der Waals surface area contributed by atoms with Crippen LogP contribution in [0.1, 0.15) is 0 Å². The van der Waals surface area contributed by atoms with Crippen LogP contribution in [-0.4, -0.2) is 123 Å². The van der Waals surface area contributed by atoms with Crippen LogP contribution >= 0.6 is 40.9 Å². The lowest BCUT2D eigenvalue weighted by Crippen LogP contribution is -2.41. The molecule has 32 heavy (non-hydrogen) atoms. The zero-order chi connectivity index (χ0) is 23.4. The van der Waals surface area contributed by atoms with Gasteiger partial charge in [0.15, 0.2) is 18.1 Å². The Labute approximate surface area is 187 Å². The van der Waals surface area contributed by atoms with E-state index >= 15 is 0 Å². The predicted octanol–water partition coefficient (Wildman–Crippen LogP) is -3.40. The molecular weight excluding hydrogens is 545 g/mol. The lowest BCUT2D eigenvalue weighted by atomic mass is 10.4. The van der Waals surface area contributed by atoms with Crippen molar-refractivity contribution in [2.75, 3.05) is 58.5 Å². The van der Waals surface area contributed by atoms with Gasteiger partial charge in [0.2, 0.25) is 0 Å². The van der Waals surface area contributed by atoms with Crippen LogP contribution in [0.2, 0.25) is 0 Å². The summed E-state index contributed by atoms with van der Waals surface area (Å²) in [6.45, 7) is -0.576. The highest BCUT2D eigenvalue weighted by molar-refractivity contribution is 7.52. The number of rotatable bonds is 18. The zero-order valence-electron chi connectivity index (χ0n) is 16.7. The fourth-order valence-electron chi connectivity index (χ4n) is 2.19. The van der Waals surface area contributed by atoms with Crippen molar-refractivity contribution in [3.05, 3.63) is 0 Å². The van der Waals surface area contributed by atoms with Gasteiger partial charge in [0, 0.05) is 26.2 Å². The second-order valence-corrected chi connectivity index (χ2v) is 11.8. The number of nitrogens with zero attached hydrogens (tertiary/aromatic N) is 3. The Hall–Kier alpha value is 0.950. The molecule has 2 atom stereocenters. The number of hydrogen-bond acceptors (Lipinski definition) is 10. The van der Waals surface area contributed by atoms with Crippen LogP contribution in [0.4, 0.5) is 0 Å². The molecule has 12 N–H and O–H groups in total. The Morgan fingerprint density at radius 2 is 0.844 bits per heavy atom. The Morgan fingerprint density at radius 1 is 0.562 bits per heavy atom. The maximum absolute atomic E-state index is 11.4. The molecule has 0 aromatic rings. The van der Waals surface area contributed by atoms with E-state index in [-0.39, 0.29) is 50.6 Å². The summed E-state index contributed by atoms with van der Waals surface area (Å²) in [5.74, 6) is 0. The van der Waals surface area contributed by atoms with Gasteiger partial charge in [-0.3, -0.25) is 28.4 Å². The third kappa shape index (κ3) is 24.1. The first-order valence-electron chi connectivity index (χ1n) is 7.98. The van der Waals surface area contributed by atoms with Gasteiger partial charge in [0.25, 0.3) is 0 Å². The normalized spacial score (nSPS) is 13.6. The smallest absolute Gasteiger partial charge is 0.339 e. The topological polar surface area (TPSA) is 304 Å². The third-order valence-electron chi connectivity index (χ3n) is 3.24. The fraction of sp³-hybridized carbons (Fsp3) is 1.00. The van der Waals surface area contributed by atoms with Crippen LogP contribution in [0, 0.1) is 0 Å². The van der Waals surface area contributed by atoms with Crippen molar-refractivity contribution in [3.63, 3.8) is 0 Å². The van der Waals surface area contributed by atoms with E-state index in [1.165, 1.54) is 9.80 Å². The van der Waals surface area contributed by atoms with Crippen molar-refractivity contribution in [3.8, 4) is 0 Å². The predicted molar refractivity (Wildman–Crippen MR) is 116 cm³/mol. The van der Waals surface area contributed by atoms with E-state index in [0.717, 1.165) is 4.90 Å². The highest BCUT2D eigenvalue weighted by Crippen LogP contribution is 2.41. The summed E-state index contributed by atoms with van der Waals surface area (Å²) in [6.07, 6.45) is -2.60. The second-order valence-electron chi connectivity index (χ2n) is 6.05. The summed E-state index contributed by atoms with van der Waals surface area (Å²) in [7, 11) is -15.4. The summed E-state index contributed by atoms with van der Waals surface area (Å²) in [5.41, 5.74) is 0. The molecule has 0 bridgehead atoms. The summed E-state index contributed by atoms with van der Waals surface area (Å²) in [5, 5.41) is 0. The van der Waals surface area contributed by atoms with Crippen LogP contribution < -0.4 is 0 Å². The molecule has 0 aromatic heterocycles. The molecule has 0 aromatic carbocycles. The minimum Gasteiger partial charge on any atom is -0.412 e. The molecule has 0 fully saturated rings. The molecule has 18 nitrogen and oxygen atoms in total. The Kier molecular flexibility index (Phi) is 21.4. The van der Waals surface area contributed by atoms with Crippen molar-refractivity contribution in [1.29, 1.82) is 0 Å². The van der Waals surface area contributed by atoms with E-state index in [9.17, 15) is 23.5 Å². The quantitative estimate of drug-likeness (QED) is 0.0581. The molecule has 0 saturated carbocycles. The molecule has 0 heterocycles. The molecule has 23 heteroatoms. The molecule has 0 saturated heterocycles. The standard InChI is InChI=1S/C9H28N3O13P5.2H2O/c13-26-24-5-11(6-25-27-14)3-1-10(7-28(15,16)17)2-4-12(8-29(18,19)20)9-30(21,22)23;;/h13-14,26-27H,1-9H2,(H2,15,16,17)(H2,18,19,20)(H2,21,22,23);2*1H2. The van der Waals surface area contributed by atoms with Crippen LogP contribution in [-0.2, 0) is 22.7 Å². The summed E-state index contributed by atoms with van der Waals surface area (Å²) in [4.78, 5) is 75.8. The third-order valence-corrected chi connectivity index (χ3v) is 6.06. The van der Waals surface area contributed by atoms with Crippen LogP contribution in [0.3, 0.4) is 0 Å². The first-order valence-corrected chi connectivity index (χ1v) is 15.1. The monoisotopic (exact) mass is 577 g/mol. The molecular formula is C9H32N3O15P5. The van der Waals surface area contributed by atoms with Crippen LogP contribution in [0.5, 0.6) is 0 Å². The van der Waals surface area contributed by atoms with E-state index in [2.05, 4.69) is 0 Å².